The van der Waals surface area contributed by atoms with Crippen molar-refractivity contribution in [2.75, 3.05) is 6.61 Å². The minimum absolute atomic E-state index is 0.140. The molecule has 0 atom stereocenters. The topological polar surface area (TPSA) is 96.8 Å². The Morgan fingerprint density at radius 3 is 2.41 bits per heavy atom. The molecule has 0 aliphatic carbocycles. The van der Waals surface area contributed by atoms with E-state index in [1.54, 1.807) is 12.1 Å². The number of hydrogen-bond acceptors (Lipinski definition) is 6. The Kier molecular flexibility index (Phi) is 5.01. The van der Waals surface area contributed by atoms with E-state index in [9.17, 15) is 23.2 Å². The Morgan fingerprint density at radius 2 is 1.78 bits per heavy atom. The van der Waals surface area contributed by atoms with Gasteiger partial charge in [-0.05, 0) is 11.6 Å². The molecule has 0 radical (unpaired) electrons. The van der Waals surface area contributed by atoms with E-state index in [0.29, 0.717) is 21.6 Å². The number of halogens is 3. The number of pyridine rings is 1. The zero-order valence-electron chi connectivity index (χ0n) is 13.6. The molecule has 3 aromatic rings. The first-order valence-electron chi connectivity index (χ1n) is 7.58. The van der Waals surface area contributed by atoms with Gasteiger partial charge in [0.25, 0.3) is 5.56 Å². The molecule has 27 heavy (non-hydrogen) atoms. The van der Waals surface area contributed by atoms with Crippen LogP contribution in [0.1, 0.15) is 5.56 Å². The summed E-state index contributed by atoms with van der Waals surface area (Å²) in [5, 5.41) is 15.2. The lowest BCUT2D eigenvalue weighted by atomic mass is 10.2. The first-order valence-corrected chi connectivity index (χ1v) is 7.58. The lowest BCUT2D eigenvalue weighted by Crippen LogP contribution is -2.26. The van der Waals surface area contributed by atoms with Gasteiger partial charge in [-0.3, -0.25) is 4.79 Å². The minimum atomic E-state index is -4.48. The van der Waals surface area contributed by atoms with E-state index in [1.165, 1.54) is 41.6 Å². The third-order valence-electron chi connectivity index (χ3n) is 3.36. The van der Waals surface area contributed by atoms with E-state index in [4.69, 9.17) is 0 Å². The van der Waals surface area contributed by atoms with Gasteiger partial charge >= 0.3 is 12.2 Å². The first-order chi connectivity index (χ1) is 12.8. The third-order valence-corrected chi connectivity index (χ3v) is 3.36. The molecule has 8 nitrogen and oxygen atoms in total. The van der Waals surface area contributed by atoms with Crippen LogP contribution in [0.15, 0.2) is 53.8 Å². The molecule has 0 spiro atoms. The molecule has 0 bridgehead atoms. The highest BCUT2D eigenvalue weighted by atomic mass is 19.4. The molecule has 0 aliphatic rings. The molecule has 3 rings (SSSR count). The summed E-state index contributed by atoms with van der Waals surface area (Å²) in [5.41, 5.74) is 1.09. The highest BCUT2D eigenvalue weighted by molar-refractivity contribution is 5.55. The van der Waals surface area contributed by atoms with Gasteiger partial charge in [-0.15, -0.1) is 0 Å². The zero-order chi connectivity index (χ0) is 19.4. The number of hydrogen-bond donors (Lipinski definition) is 0. The number of nitrogens with zero attached hydrogens (tertiary/aromatic N) is 5. The summed E-state index contributed by atoms with van der Waals surface area (Å²) in [7, 11) is 0. The van der Waals surface area contributed by atoms with Crippen LogP contribution in [0.25, 0.3) is 11.3 Å². The van der Waals surface area contributed by atoms with Crippen molar-refractivity contribution < 1.29 is 22.6 Å². The molecule has 0 fully saturated rings. The van der Waals surface area contributed by atoms with Crippen LogP contribution in [0, 0.1) is 5.21 Å². The summed E-state index contributed by atoms with van der Waals surface area (Å²) in [6.07, 6.45) is 0.620. The normalized spacial score (nSPS) is 11.4. The highest BCUT2D eigenvalue weighted by Gasteiger charge is 2.28. The Labute approximate surface area is 150 Å². The van der Waals surface area contributed by atoms with E-state index in [1.807, 2.05) is 0 Å². The van der Waals surface area contributed by atoms with Crippen molar-refractivity contribution in [2.45, 2.75) is 12.7 Å². The fraction of sp³-hybridized carbons (Fsp3) is 0.188. The second-order valence-corrected chi connectivity index (χ2v) is 5.44. The second-order valence-electron chi connectivity index (χ2n) is 5.44. The van der Waals surface area contributed by atoms with Crippen LogP contribution < -0.4 is 15.0 Å². The second kappa shape index (κ2) is 7.40. The quantitative estimate of drug-likeness (QED) is 0.490. The monoisotopic (exact) mass is 379 g/mol. The summed E-state index contributed by atoms with van der Waals surface area (Å²) in [5.74, 6) is 0. The van der Waals surface area contributed by atoms with Crippen LogP contribution in [0.4, 0.5) is 13.2 Å². The van der Waals surface area contributed by atoms with Crippen molar-refractivity contribution in [1.82, 2.24) is 19.7 Å². The third kappa shape index (κ3) is 5.00. The van der Waals surface area contributed by atoms with Crippen molar-refractivity contribution in [1.29, 1.82) is 0 Å². The molecule has 140 valence electrons. The summed E-state index contributed by atoms with van der Waals surface area (Å²) in [6.45, 7) is -1.35. The fourth-order valence-corrected chi connectivity index (χ4v) is 2.11. The van der Waals surface area contributed by atoms with Gasteiger partial charge in [0, 0.05) is 36.2 Å². The van der Waals surface area contributed by atoms with Gasteiger partial charge in [0.15, 0.2) is 19.0 Å². The molecule has 0 unspecified atom stereocenters. The van der Waals surface area contributed by atoms with Crippen LogP contribution in [0.2, 0.25) is 0 Å². The molecule has 0 saturated heterocycles. The molecule has 0 aromatic carbocycles. The summed E-state index contributed by atoms with van der Waals surface area (Å²) < 4.78 is 42.6. The standard InChI is InChI=1S/C16H12F3N5O3/c17-16(18,19)10-27-15-20-7-12(8-21-15)13-1-2-14(25)24(22-13)9-11-3-5-23(26)6-4-11/h1-8H,9-10H2. The molecule has 0 N–H and O–H groups in total. The molecular weight excluding hydrogens is 367 g/mol. The van der Waals surface area contributed by atoms with Gasteiger partial charge in [0.1, 0.15) is 0 Å². The average molecular weight is 379 g/mol. The van der Waals surface area contributed by atoms with Crippen LogP contribution in [0.5, 0.6) is 6.01 Å². The van der Waals surface area contributed by atoms with Gasteiger partial charge in [0.05, 0.1) is 12.2 Å². The Balaban J connectivity index is 1.79. The van der Waals surface area contributed by atoms with Gasteiger partial charge in [0.2, 0.25) is 0 Å². The lowest BCUT2D eigenvalue weighted by molar-refractivity contribution is -0.605. The number of aromatic nitrogens is 5. The maximum atomic E-state index is 12.1. The number of alkyl halides is 3. The maximum absolute atomic E-state index is 12.1. The molecule has 0 amide bonds. The van der Waals surface area contributed by atoms with Crippen LogP contribution in [-0.4, -0.2) is 32.5 Å². The predicted octanol–water partition coefficient (Wildman–Crippen LogP) is 1.32. The van der Waals surface area contributed by atoms with E-state index in [0.717, 1.165) is 0 Å². The van der Waals surface area contributed by atoms with Crippen molar-refractivity contribution in [3.8, 4) is 17.3 Å². The fourth-order valence-electron chi connectivity index (χ4n) is 2.11. The summed E-state index contributed by atoms with van der Waals surface area (Å²) in [4.78, 5) is 19.4. The summed E-state index contributed by atoms with van der Waals surface area (Å²) >= 11 is 0. The maximum Gasteiger partial charge on any atom is 0.422 e. The van der Waals surface area contributed by atoms with E-state index in [2.05, 4.69) is 19.8 Å². The SMILES string of the molecule is O=c1ccc(-c2cnc(OCC(F)(F)F)nc2)nn1Cc1cc[n+]([O-])cc1. The van der Waals surface area contributed by atoms with Crippen molar-refractivity contribution >= 4 is 0 Å². The van der Waals surface area contributed by atoms with E-state index < -0.39 is 18.8 Å². The van der Waals surface area contributed by atoms with Gasteiger partial charge in [-0.2, -0.15) is 23.0 Å². The average Bonchev–Trinajstić information content (AvgIpc) is 2.63. The first kappa shape index (κ1) is 18.3. The van der Waals surface area contributed by atoms with Crippen molar-refractivity contribution in [2.24, 2.45) is 0 Å². The highest BCUT2D eigenvalue weighted by Crippen LogP contribution is 2.18. The Hall–Kier alpha value is -3.50. The van der Waals surface area contributed by atoms with Crippen molar-refractivity contribution in [3.05, 3.63) is 70.2 Å². The predicted molar refractivity (Wildman–Crippen MR) is 85.6 cm³/mol. The van der Waals surface area contributed by atoms with Crippen molar-refractivity contribution in [3.63, 3.8) is 0 Å². The lowest BCUT2D eigenvalue weighted by Gasteiger charge is -2.09. The Bertz CT molecular complexity index is 972. The largest absolute Gasteiger partial charge is 0.619 e. The van der Waals surface area contributed by atoms with Gasteiger partial charge in [-0.25, -0.2) is 14.6 Å². The molecular formula is C16H12F3N5O3. The van der Waals surface area contributed by atoms with Crippen LogP contribution in [-0.2, 0) is 6.54 Å². The smallest absolute Gasteiger partial charge is 0.422 e. The van der Waals surface area contributed by atoms with Crippen LogP contribution in [0.3, 0.4) is 0 Å². The number of rotatable bonds is 5. The zero-order valence-corrected chi connectivity index (χ0v) is 13.6. The molecule has 3 aromatic heterocycles. The van der Waals surface area contributed by atoms with Crippen LogP contribution >= 0.6 is 0 Å². The molecule has 0 saturated carbocycles. The molecule has 3 heterocycles. The number of ether oxygens (including phenoxy) is 1. The molecule has 11 heteroatoms. The van der Waals surface area contributed by atoms with Gasteiger partial charge < -0.3 is 9.94 Å². The van der Waals surface area contributed by atoms with E-state index >= 15 is 0 Å². The Morgan fingerprint density at radius 1 is 1.11 bits per heavy atom. The molecule has 0 aliphatic heterocycles. The minimum Gasteiger partial charge on any atom is -0.619 e. The summed E-state index contributed by atoms with van der Waals surface area (Å²) in [6, 6.07) is 5.45. The van der Waals surface area contributed by atoms with Gasteiger partial charge in [-0.1, -0.05) is 0 Å². The van der Waals surface area contributed by atoms with E-state index in [-0.39, 0.29) is 12.1 Å².